The number of aromatic nitrogens is 2. The Hall–Kier alpha value is -2.21. The molecule has 0 atom stereocenters. The zero-order valence-corrected chi connectivity index (χ0v) is 12.6. The summed E-state index contributed by atoms with van der Waals surface area (Å²) in [7, 11) is 1.53. The lowest BCUT2D eigenvalue weighted by Gasteiger charge is -2.11. The topological polar surface area (TPSA) is 68.2 Å². The lowest BCUT2D eigenvalue weighted by Crippen LogP contribution is -2.28. The van der Waals surface area contributed by atoms with Gasteiger partial charge >= 0.3 is 6.03 Å². The molecular formula is C14H17ClN4O2. The molecule has 0 unspecified atom stereocenters. The fourth-order valence-corrected chi connectivity index (χ4v) is 1.97. The van der Waals surface area contributed by atoms with Crippen LogP contribution in [0, 0.1) is 0 Å². The van der Waals surface area contributed by atoms with Crippen molar-refractivity contribution in [1.29, 1.82) is 0 Å². The molecule has 0 fully saturated rings. The molecule has 0 radical (unpaired) electrons. The number of carbonyl (C=O) groups is 1. The number of anilines is 1. The van der Waals surface area contributed by atoms with E-state index in [4.69, 9.17) is 16.3 Å². The first-order valence-electron chi connectivity index (χ1n) is 6.52. The Morgan fingerprint density at radius 2 is 2.29 bits per heavy atom. The van der Waals surface area contributed by atoms with Crippen molar-refractivity contribution in [2.75, 3.05) is 12.4 Å². The van der Waals surface area contributed by atoms with Gasteiger partial charge in [0.2, 0.25) is 0 Å². The number of aryl methyl sites for hydroxylation is 1. The maximum absolute atomic E-state index is 11.9. The Kier molecular flexibility index (Phi) is 5.05. The summed E-state index contributed by atoms with van der Waals surface area (Å²) in [6.07, 6.45) is 3.62. The molecule has 0 bridgehead atoms. The van der Waals surface area contributed by atoms with Gasteiger partial charge in [0.1, 0.15) is 5.75 Å². The number of methoxy groups -OCH3 is 1. The highest BCUT2D eigenvalue weighted by atomic mass is 35.5. The lowest BCUT2D eigenvalue weighted by molar-refractivity contribution is 0.251. The largest absolute Gasteiger partial charge is 0.495 e. The average Bonchev–Trinajstić information content (AvgIpc) is 2.93. The maximum atomic E-state index is 11.9. The van der Waals surface area contributed by atoms with Gasteiger partial charge in [-0.3, -0.25) is 4.68 Å². The van der Waals surface area contributed by atoms with E-state index in [2.05, 4.69) is 15.7 Å². The number of benzene rings is 1. The minimum Gasteiger partial charge on any atom is -0.495 e. The summed E-state index contributed by atoms with van der Waals surface area (Å²) in [6, 6.07) is 4.70. The van der Waals surface area contributed by atoms with E-state index >= 15 is 0 Å². The summed E-state index contributed by atoms with van der Waals surface area (Å²) < 4.78 is 6.97. The highest BCUT2D eigenvalue weighted by Crippen LogP contribution is 2.27. The van der Waals surface area contributed by atoms with Crippen molar-refractivity contribution in [3.63, 3.8) is 0 Å². The summed E-state index contributed by atoms with van der Waals surface area (Å²) in [6.45, 7) is 3.20. The van der Waals surface area contributed by atoms with Crippen LogP contribution in [0.3, 0.4) is 0 Å². The van der Waals surface area contributed by atoms with Gasteiger partial charge in [0.05, 0.1) is 19.0 Å². The second-order valence-corrected chi connectivity index (χ2v) is 4.79. The van der Waals surface area contributed by atoms with Gasteiger partial charge in [-0.2, -0.15) is 5.10 Å². The van der Waals surface area contributed by atoms with E-state index in [0.29, 0.717) is 23.0 Å². The third-order valence-electron chi connectivity index (χ3n) is 2.87. The molecule has 0 aliphatic carbocycles. The molecule has 6 nitrogen and oxygen atoms in total. The molecule has 0 spiro atoms. The molecule has 0 aliphatic heterocycles. The third-order valence-corrected chi connectivity index (χ3v) is 3.11. The monoisotopic (exact) mass is 308 g/mol. The maximum Gasteiger partial charge on any atom is 0.319 e. The van der Waals surface area contributed by atoms with Crippen LogP contribution in [0.25, 0.3) is 0 Å². The molecule has 0 saturated carbocycles. The molecule has 112 valence electrons. The highest BCUT2D eigenvalue weighted by molar-refractivity contribution is 6.31. The van der Waals surface area contributed by atoms with Crippen molar-refractivity contribution in [2.24, 2.45) is 0 Å². The van der Waals surface area contributed by atoms with Gasteiger partial charge in [-0.05, 0) is 25.1 Å². The molecule has 1 aromatic heterocycles. The quantitative estimate of drug-likeness (QED) is 0.892. The van der Waals surface area contributed by atoms with E-state index in [1.54, 1.807) is 29.1 Å². The van der Waals surface area contributed by atoms with Crippen molar-refractivity contribution < 1.29 is 9.53 Å². The Labute approximate surface area is 128 Å². The van der Waals surface area contributed by atoms with E-state index in [1.165, 1.54) is 7.11 Å². The number of rotatable bonds is 5. The summed E-state index contributed by atoms with van der Waals surface area (Å²) in [5.41, 5.74) is 1.46. The fourth-order valence-electron chi connectivity index (χ4n) is 1.80. The lowest BCUT2D eigenvalue weighted by atomic mass is 10.3. The van der Waals surface area contributed by atoms with E-state index in [1.807, 2.05) is 13.1 Å². The van der Waals surface area contributed by atoms with Gasteiger partial charge in [-0.25, -0.2) is 4.79 Å². The number of nitrogens with one attached hydrogen (secondary N) is 2. The molecule has 1 aromatic carbocycles. The smallest absolute Gasteiger partial charge is 0.319 e. The Morgan fingerprint density at radius 1 is 1.48 bits per heavy atom. The number of hydrogen-bond acceptors (Lipinski definition) is 3. The molecule has 0 aliphatic rings. The number of ether oxygens (including phenoxy) is 1. The molecule has 0 saturated heterocycles. The third kappa shape index (κ3) is 4.13. The number of nitrogens with zero attached hydrogens (tertiary/aromatic N) is 2. The fraction of sp³-hybridized carbons (Fsp3) is 0.286. The summed E-state index contributed by atoms with van der Waals surface area (Å²) in [5, 5.41) is 10.1. The van der Waals surface area contributed by atoms with Crippen LogP contribution in [0.15, 0.2) is 30.6 Å². The first-order chi connectivity index (χ1) is 10.1. The second-order valence-electron chi connectivity index (χ2n) is 4.36. The van der Waals surface area contributed by atoms with E-state index in [9.17, 15) is 4.79 Å². The van der Waals surface area contributed by atoms with Crippen molar-refractivity contribution in [3.8, 4) is 5.75 Å². The molecule has 1 heterocycles. The van der Waals surface area contributed by atoms with E-state index in [0.717, 1.165) is 12.1 Å². The van der Waals surface area contributed by atoms with Crippen LogP contribution in [0.4, 0.5) is 10.5 Å². The van der Waals surface area contributed by atoms with Gasteiger partial charge < -0.3 is 15.4 Å². The average molecular weight is 309 g/mol. The van der Waals surface area contributed by atoms with Crippen molar-refractivity contribution in [2.45, 2.75) is 20.0 Å². The molecule has 2 rings (SSSR count). The second kappa shape index (κ2) is 6.99. The van der Waals surface area contributed by atoms with Crippen LogP contribution in [0.2, 0.25) is 5.02 Å². The van der Waals surface area contributed by atoms with Gasteiger partial charge in [-0.1, -0.05) is 11.6 Å². The first-order valence-corrected chi connectivity index (χ1v) is 6.90. The van der Waals surface area contributed by atoms with Gasteiger partial charge in [-0.15, -0.1) is 0 Å². The first kappa shape index (κ1) is 15.2. The summed E-state index contributed by atoms with van der Waals surface area (Å²) >= 11 is 5.91. The summed E-state index contributed by atoms with van der Waals surface area (Å²) in [5.74, 6) is 0.549. The number of hydrogen-bond donors (Lipinski definition) is 2. The molecule has 7 heteroatoms. The van der Waals surface area contributed by atoms with E-state index in [-0.39, 0.29) is 6.03 Å². The van der Waals surface area contributed by atoms with Crippen molar-refractivity contribution >= 4 is 23.3 Å². The number of amides is 2. The van der Waals surface area contributed by atoms with Crippen LogP contribution in [-0.4, -0.2) is 22.9 Å². The standard InChI is InChI=1S/C14H17ClN4O2/c1-3-19-9-10(8-17-19)7-16-14(20)18-12-6-11(15)4-5-13(12)21-2/h4-6,8-9H,3,7H2,1-2H3,(H2,16,18,20). The van der Waals surface area contributed by atoms with Crippen LogP contribution in [0.5, 0.6) is 5.75 Å². The van der Waals surface area contributed by atoms with Crippen LogP contribution < -0.4 is 15.4 Å². The summed E-state index contributed by atoms with van der Waals surface area (Å²) in [4.78, 5) is 11.9. The van der Waals surface area contributed by atoms with Crippen molar-refractivity contribution in [3.05, 3.63) is 41.2 Å². The minimum atomic E-state index is -0.334. The van der Waals surface area contributed by atoms with Crippen LogP contribution >= 0.6 is 11.6 Å². The molecular weight excluding hydrogens is 292 g/mol. The highest BCUT2D eigenvalue weighted by Gasteiger charge is 2.08. The van der Waals surface area contributed by atoms with E-state index < -0.39 is 0 Å². The molecule has 2 aromatic rings. The van der Waals surface area contributed by atoms with Gasteiger partial charge in [0.15, 0.2) is 0 Å². The predicted molar refractivity (Wildman–Crippen MR) is 81.8 cm³/mol. The zero-order valence-electron chi connectivity index (χ0n) is 11.9. The minimum absolute atomic E-state index is 0.334. The van der Waals surface area contributed by atoms with Gasteiger partial charge in [0, 0.05) is 29.9 Å². The Balaban J connectivity index is 1.94. The van der Waals surface area contributed by atoms with Crippen molar-refractivity contribution in [1.82, 2.24) is 15.1 Å². The zero-order chi connectivity index (χ0) is 15.2. The Morgan fingerprint density at radius 3 is 2.95 bits per heavy atom. The van der Waals surface area contributed by atoms with Crippen LogP contribution in [0.1, 0.15) is 12.5 Å². The molecule has 21 heavy (non-hydrogen) atoms. The molecule has 2 N–H and O–H groups in total. The Bertz CT molecular complexity index is 627. The predicted octanol–water partition coefficient (Wildman–Crippen LogP) is 2.89. The molecule has 2 amide bonds. The van der Waals surface area contributed by atoms with Crippen LogP contribution in [-0.2, 0) is 13.1 Å². The number of carbonyl (C=O) groups excluding carboxylic acids is 1. The SMILES string of the molecule is CCn1cc(CNC(=O)Nc2cc(Cl)ccc2OC)cn1. The number of urea groups is 1. The van der Waals surface area contributed by atoms with Gasteiger partial charge in [0.25, 0.3) is 0 Å². The number of halogens is 1. The normalized spacial score (nSPS) is 10.2.